The minimum Gasteiger partial charge on any atom is -0.475 e. The van der Waals surface area contributed by atoms with E-state index < -0.39 is 0 Å². The van der Waals surface area contributed by atoms with Crippen molar-refractivity contribution in [1.29, 1.82) is 0 Å². The van der Waals surface area contributed by atoms with Crippen molar-refractivity contribution in [2.75, 3.05) is 25.1 Å². The predicted molar refractivity (Wildman–Crippen MR) is 84.0 cm³/mol. The van der Waals surface area contributed by atoms with Crippen LogP contribution in [0.3, 0.4) is 0 Å². The summed E-state index contributed by atoms with van der Waals surface area (Å²) in [5.74, 6) is 1.89. The minimum atomic E-state index is 0.195. The van der Waals surface area contributed by atoms with Crippen molar-refractivity contribution in [3.63, 3.8) is 0 Å². The lowest BCUT2D eigenvalue weighted by Gasteiger charge is -2.23. The van der Waals surface area contributed by atoms with E-state index in [1.165, 1.54) is 6.42 Å². The highest BCUT2D eigenvalue weighted by atomic mass is 16.5. The topological polar surface area (TPSA) is 56.3 Å². The van der Waals surface area contributed by atoms with E-state index in [1.807, 2.05) is 0 Å². The molecule has 118 valence electrons. The molecule has 1 fully saturated rings. The van der Waals surface area contributed by atoms with Crippen molar-refractivity contribution in [2.24, 2.45) is 0 Å². The van der Waals surface area contributed by atoms with E-state index in [2.05, 4.69) is 36.1 Å². The summed E-state index contributed by atoms with van der Waals surface area (Å²) in [6.45, 7) is 8.74. The molecule has 0 bridgehead atoms. The minimum absolute atomic E-state index is 0.195. The van der Waals surface area contributed by atoms with Gasteiger partial charge in [0.25, 0.3) is 0 Å². The van der Waals surface area contributed by atoms with E-state index in [-0.39, 0.29) is 6.10 Å². The summed E-state index contributed by atoms with van der Waals surface area (Å²) in [7, 11) is 0. The fourth-order valence-corrected chi connectivity index (χ4v) is 2.51. The van der Waals surface area contributed by atoms with Crippen LogP contribution in [0, 0.1) is 0 Å². The summed E-state index contributed by atoms with van der Waals surface area (Å²) in [6, 6.07) is 0. The average molecular weight is 293 g/mol. The van der Waals surface area contributed by atoms with Gasteiger partial charge in [-0.1, -0.05) is 20.8 Å². The fraction of sp³-hybridized carbons (Fsp3) is 0.750. The lowest BCUT2D eigenvalue weighted by Crippen LogP contribution is -2.26. The summed E-state index contributed by atoms with van der Waals surface area (Å²) in [4.78, 5) is 8.68. The molecule has 0 amide bonds. The third-order valence-electron chi connectivity index (χ3n) is 3.65. The Morgan fingerprint density at radius 2 is 2.24 bits per heavy atom. The van der Waals surface area contributed by atoms with Crippen LogP contribution >= 0.6 is 0 Å². The van der Waals surface area contributed by atoms with E-state index in [1.54, 1.807) is 6.33 Å². The summed E-state index contributed by atoms with van der Waals surface area (Å²) in [6.07, 6.45) is 6.28. The Bertz CT molecular complexity index is 432. The molecule has 1 aromatic heterocycles. The second-order valence-electron chi connectivity index (χ2n) is 5.82. The van der Waals surface area contributed by atoms with Crippen LogP contribution in [0.4, 0.5) is 5.82 Å². The first-order chi connectivity index (χ1) is 10.2. The Hall–Kier alpha value is -1.36. The fourth-order valence-electron chi connectivity index (χ4n) is 2.51. The Labute approximate surface area is 127 Å². The number of hydrogen-bond donors (Lipinski definition) is 1. The average Bonchev–Trinajstić information content (AvgIpc) is 2.51. The normalized spacial score (nSPS) is 18.8. The number of aromatic nitrogens is 2. The highest BCUT2D eigenvalue weighted by Gasteiger charge is 2.19. The zero-order valence-electron chi connectivity index (χ0n) is 13.4. The van der Waals surface area contributed by atoms with E-state index in [0.717, 1.165) is 43.8 Å². The van der Waals surface area contributed by atoms with Gasteiger partial charge in [0, 0.05) is 13.2 Å². The quantitative estimate of drug-likeness (QED) is 0.835. The second kappa shape index (κ2) is 8.17. The lowest BCUT2D eigenvalue weighted by molar-refractivity contribution is -0.0121. The maximum Gasteiger partial charge on any atom is 0.222 e. The molecule has 1 N–H and O–H groups in total. The van der Waals surface area contributed by atoms with Crippen molar-refractivity contribution < 1.29 is 9.47 Å². The Balaban J connectivity index is 2.06. The Morgan fingerprint density at radius 3 is 2.90 bits per heavy atom. The monoisotopic (exact) mass is 293 g/mol. The van der Waals surface area contributed by atoms with E-state index in [9.17, 15) is 0 Å². The van der Waals surface area contributed by atoms with Crippen LogP contribution in [0.2, 0.25) is 0 Å². The number of ether oxygens (including phenoxy) is 2. The number of rotatable bonds is 7. The first kappa shape index (κ1) is 16.0. The van der Waals surface area contributed by atoms with Crippen LogP contribution in [0.5, 0.6) is 5.88 Å². The van der Waals surface area contributed by atoms with E-state index in [4.69, 9.17) is 9.47 Å². The summed E-state index contributed by atoms with van der Waals surface area (Å²) in [5.41, 5.74) is 1.06. The van der Waals surface area contributed by atoms with Gasteiger partial charge in [0.2, 0.25) is 5.88 Å². The molecule has 5 heteroatoms. The maximum absolute atomic E-state index is 5.94. The van der Waals surface area contributed by atoms with Crippen molar-refractivity contribution in [1.82, 2.24) is 9.97 Å². The highest BCUT2D eigenvalue weighted by Crippen LogP contribution is 2.30. The molecule has 1 aliphatic heterocycles. The molecule has 1 unspecified atom stereocenters. The standard InChI is InChI=1S/C16H27N3O2/c1-4-8-17-15-14(12(2)3)16(19-11-18-15)21-10-13-7-5-6-9-20-13/h11-13H,4-10H2,1-3H3,(H,17,18,19). The van der Waals surface area contributed by atoms with Crippen LogP contribution < -0.4 is 10.1 Å². The lowest BCUT2D eigenvalue weighted by atomic mass is 10.1. The number of nitrogens with one attached hydrogen (secondary N) is 1. The molecule has 1 aliphatic rings. The SMILES string of the molecule is CCCNc1ncnc(OCC2CCCCO2)c1C(C)C. The molecular formula is C16H27N3O2. The summed E-state index contributed by atoms with van der Waals surface area (Å²) in [5, 5.41) is 3.36. The smallest absolute Gasteiger partial charge is 0.222 e. The number of anilines is 1. The molecule has 0 radical (unpaired) electrons. The van der Waals surface area contributed by atoms with Crippen LogP contribution in [-0.4, -0.2) is 35.8 Å². The third kappa shape index (κ3) is 4.56. The maximum atomic E-state index is 5.94. The van der Waals surface area contributed by atoms with Gasteiger partial charge in [0.1, 0.15) is 18.8 Å². The van der Waals surface area contributed by atoms with Gasteiger partial charge in [-0.2, -0.15) is 0 Å². The van der Waals surface area contributed by atoms with Gasteiger partial charge in [-0.25, -0.2) is 9.97 Å². The van der Waals surface area contributed by atoms with Gasteiger partial charge in [-0.15, -0.1) is 0 Å². The van der Waals surface area contributed by atoms with Gasteiger partial charge in [-0.3, -0.25) is 0 Å². The number of nitrogens with zero attached hydrogens (tertiary/aromatic N) is 2. The first-order valence-electron chi connectivity index (χ1n) is 8.05. The second-order valence-corrected chi connectivity index (χ2v) is 5.82. The molecule has 1 aromatic rings. The van der Waals surface area contributed by atoms with Crippen molar-refractivity contribution in [2.45, 2.75) is 58.5 Å². The van der Waals surface area contributed by atoms with Gasteiger partial charge in [0.15, 0.2) is 0 Å². The molecule has 0 spiro atoms. The van der Waals surface area contributed by atoms with Crippen LogP contribution in [0.1, 0.15) is 57.9 Å². The molecule has 0 aliphatic carbocycles. The van der Waals surface area contributed by atoms with E-state index >= 15 is 0 Å². The van der Waals surface area contributed by atoms with E-state index in [0.29, 0.717) is 18.4 Å². The molecular weight excluding hydrogens is 266 g/mol. The van der Waals surface area contributed by atoms with Gasteiger partial charge in [0.05, 0.1) is 11.7 Å². The Kier molecular flexibility index (Phi) is 6.23. The van der Waals surface area contributed by atoms with Crippen LogP contribution in [-0.2, 0) is 4.74 Å². The van der Waals surface area contributed by atoms with Crippen molar-refractivity contribution in [3.05, 3.63) is 11.9 Å². The highest BCUT2D eigenvalue weighted by molar-refractivity contribution is 5.50. The molecule has 0 saturated carbocycles. The molecule has 2 heterocycles. The first-order valence-corrected chi connectivity index (χ1v) is 8.05. The van der Waals surface area contributed by atoms with Gasteiger partial charge < -0.3 is 14.8 Å². The van der Waals surface area contributed by atoms with Crippen molar-refractivity contribution >= 4 is 5.82 Å². The molecule has 5 nitrogen and oxygen atoms in total. The molecule has 1 atom stereocenters. The molecule has 1 saturated heterocycles. The summed E-state index contributed by atoms with van der Waals surface area (Å²) >= 11 is 0. The predicted octanol–water partition coefficient (Wildman–Crippen LogP) is 3.37. The zero-order valence-corrected chi connectivity index (χ0v) is 13.4. The number of hydrogen-bond acceptors (Lipinski definition) is 5. The third-order valence-corrected chi connectivity index (χ3v) is 3.65. The Morgan fingerprint density at radius 1 is 1.38 bits per heavy atom. The van der Waals surface area contributed by atoms with Crippen molar-refractivity contribution in [3.8, 4) is 5.88 Å². The van der Waals surface area contributed by atoms with Crippen LogP contribution in [0.15, 0.2) is 6.33 Å². The largest absolute Gasteiger partial charge is 0.475 e. The summed E-state index contributed by atoms with van der Waals surface area (Å²) < 4.78 is 11.7. The van der Waals surface area contributed by atoms with Gasteiger partial charge >= 0.3 is 0 Å². The van der Waals surface area contributed by atoms with Crippen LogP contribution in [0.25, 0.3) is 0 Å². The van der Waals surface area contributed by atoms with Gasteiger partial charge in [-0.05, 0) is 31.6 Å². The molecule has 2 rings (SSSR count). The molecule has 21 heavy (non-hydrogen) atoms. The molecule has 0 aromatic carbocycles. The zero-order chi connectivity index (χ0) is 15.1.